The van der Waals surface area contributed by atoms with Crippen molar-refractivity contribution in [2.45, 2.75) is 13.0 Å². The van der Waals surface area contributed by atoms with E-state index in [1.165, 1.54) is 3.58 Å². The summed E-state index contributed by atoms with van der Waals surface area (Å²) in [6.07, 6.45) is 1.95. The van der Waals surface area contributed by atoms with E-state index >= 15 is 0 Å². The Hall–Kier alpha value is 0.540. The van der Waals surface area contributed by atoms with Gasteiger partial charge in [0.05, 0.1) is 15.3 Å². The molecule has 1 aliphatic heterocycles. The molecule has 0 aromatic heterocycles. The van der Waals surface area contributed by atoms with Gasteiger partial charge in [-0.1, -0.05) is 0 Å². The molecule has 0 bridgehead atoms. The number of hydrogen-bond donors (Lipinski definition) is 2. The van der Waals surface area contributed by atoms with E-state index in [4.69, 9.17) is 5.73 Å². The van der Waals surface area contributed by atoms with Gasteiger partial charge in [0.2, 0.25) is 0 Å². The molecular formula is C6H8I2N2. The number of halogens is 2. The molecule has 1 heterocycles. The fourth-order valence-corrected chi connectivity index (χ4v) is 2.15. The molecule has 1 unspecified atom stereocenters. The van der Waals surface area contributed by atoms with Crippen molar-refractivity contribution in [1.29, 1.82) is 0 Å². The van der Waals surface area contributed by atoms with Gasteiger partial charge in [-0.25, -0.2) is 0 Å². The van der Waals surface area contributed by atoms with Gasteiger partial charge in [0.15, 0.2) is 0 Å². The van der Waals surface area contributed by atoms with Crippen molar-refractivity contribution in [1.82, 2.24) is 5.32 Å². The maximum absolute atomic E-state index is 5.77. The lowest BCUT2D eigenvalue weighted by molar-refractivity contribution is 0.746. The van der Waals surface area contributed by atoms with E-state index in [1.807, 2.05) is 6.20 Å². The average Bonchev–Trinajstić information content (AvgIpc) is 1.93. The van der Waals surface area contributed by atoms with Crippen LogP contribution < -0.4 is 11.1 Å². The fourth-order valence-electron chi connectivity index (χ4n) is 0.696. The largest absolute Gasteiger partial charge is 0.397 e. The quantitative estimate of drug-likeness (QED) is 0.646. The molecule has 1 aliphatic rings. The third-order valence-corrected chi connectivity index (χ3v) is 3.76. The Morgan fingerprint density at radius 2 is 2.20 bits per heavy atom. The molecule has 2 nitrogen and oxygen atoms in total. The molecule has 0 spiro atoms. The number of hydrogen-bond acceptors (Lipinski definition) is 2. The van der Waals surface area contributed by atoms with Crippen LogP contribution in [0.15, 0.2) is 19.1 Å². The van der Waals surface area contributed by atoms with E-state index in [-0.39, 0.29) is 0 Å². The third-order valence-electron chi connectivity index (χ3n) is 1.35. The van der Waals surface area contributed by atoms with Gasteiger partial charge in [-0.05, 0) is 52.1 Å². The molecule has 0 saturated carbocycles. The van der Waals surface area contributed by atoms with E-state index in [9.17, 15) is 0 Å². The van der Waals surface area contributed by atoms with Crippen molar-refractivity contribution < 1.29 is 0 Å². The molecule has 4 heteroatoms. The molecule has 0 saturated heterocycles. The van der Waals surface area contributed by atoms with Crippen molar-refractivity contribution in [3.8, 4) is 0 Å². The van der Waals surface area contributed by atoms with E-state index in [1.54, 1.807) is 0 Å². The van der Waals surface area contributed by atoms with E-state index in [0.29, 0.717) is 6.04 Å². The first-order chi connectivity index (χ1) is 4.63. The van der Waals surface area contributed by atoms with Gasteiger partial charge in [-0.3, -0.25) is 0 Å². The van der Waals surface area contributed by atoms with Crippen LogP contribution in [0.1, 0.15) is 6.92 Å². The Morgan fingerprint density at radius 1 is 1.60 bits per heavy atom. The van der Waals surface area contributed by atoms with Crippen molar-refractivity contribution >= 4 is 45.2 Å². The highest BCUT2D eigenvalue weighted by atomic mass is 127. The van der Waals surface area contributed by atoms with Crippen LogP contribution in [-0.2, 0) is 0 Å². The topological polar surface area (TPSA) is 38.0 Å². The number of nitrogens with one attached hydrogen (secondary N) is 1. The molecule has 3 N–H and O–H groups in total. The zero-order valence-corrected chi connectivity index (χ0v) is 9.80. The van der Waals surface area contributed by atoms with Crippen LogP contribution in [0.4, 0.5) is 0 Å². The summed E-state index contributed by atoms with van der Waals surface area (Å²) in [5.74, 6) is 0. The summed E-state index contributed by atoms with van der Waals surface area (Å²) in [4.78, 5) is 0. The second kappa shape index (κ2) is 3.29. The lowest BCUT2D eigenvalue weighted by Crippen LogP contribution is -2.27. The summed E-state index contributed by atoms with van der Waals surface area (Å²) in [6, 6.07) is 0.374. The Bertz CT molecular complexity index is 208. The monoisotopic (exact) mass is 362 g/mol. The predicted molar refractivity (Wildman–Crippen MR) is 59.9 cm³/mol. The van der Waals surface area contributed by atoms with Crippen molar-refractivity contribution in [2.24, 2.45) is 5.73 Å². The van der Waals surface area contributed by atoms with Crippen LogP contribution in [0.2, 0.25) is 0 Å². The molecule has 0 aliphatic carbocycles. The molecule has 1 rings (SSSR count). The second-order valence-electron chi connectivity index (χ2n) is 2.14. The van der Waals surface area contributed by atoms with Crippen LogP contribution in [0, 0.1) is 0 Å². The first-order valence-electron chi connectivity index (χ1n) is 2.90. The zero-order chi connectivity index (χ0) is 7.72. The summed E-state index contributed by atoms with van der Waals surface area (Å²) in [5.41, 5.74) is 6.68. The second-order valence-corrected chi connectivity index (χ2v) is 4.47. The van der Waals surface area contributed by atoms with E-state index < -0.39 is 0 Å². The Balaban J connectivity index is 2.94. The molecule has 0 radical (unpaired) electrons. The molecule has 0 aromatic rings. The maximum Gasteiger partial charge on any atom is 0.0579 e. The van der Waals surface area contributed by atoms with E-state index in [0.717, 1.165) is 9.28 Å². The molecule has 56 valence electrons. The van der Waals surface area contributed by atoms with E-state index in [2.05, 4.69) is 57.4 Å². The molecule has 0 aromatic carbocycles. The predicted octanol–water partition coefficient (Wildman–Crippen LogP) is 1.86. The zero-order valence-electron chi connectivity index (χ0n) is 5.49. The number of nitrogens with two attached hydrogens (primary N) is 1. The third kappa shape index (κ3) is 1.58. The van der Waals surface area contributed by atoms with Crippen LogP contribution in [0.3, 0.4) is 0 Å². The summed E-state index contributed by atoms with van der Waals surface area (Å²) in [7, 11) is 0. The van der Waals surface area contributed by atoms with Gasteiger partial charge < -0.3 is 11.1 Å². The van der Waals surface area contributed by atoms with Crippen LogP contribution in [-0.4, -0.2) is 6.04 Å². The van der Waals surface area contributed by atoms with Crippen LogP contribution in [0.5, 0.6) is 0 Å². The molecule has 1 atom stereocenters. The minimum absolute atomic E-state index is 0.374. The summed E-state index contributed by atoms with van der Waals surface area (Å²) in [5, 5.41) is 3.20. The highest BCUT2D eigenvalue weighted by molar-refractivity contribution is 14.1. The number of dihydropyridines is 1. The molecule has 10 heavy (non-hydrogen) atoms. The smallest absolute Gasteiger partial charge is 0.0579 e. The SMILES string of the molecule is CC1NC=C(I)C(N)=C1I. The first kappa shape index (κ1) is 8.63. The van der Waals surface area contributed by atoms with Crippen LogP contribution >= 0.6 is 45.2 Å². The number of rotatable bonds is 0. The van der Waals surface area contributed by atoms with Crippen molar-refractivity contribution in [3.05, 3.63) is 19.1 Å². The minimum Gasteiger partial charge on any atom is -0.397 e. The van der Waals surface area contributed by atoms with Crippen molar-refractivity contribution in [2.75, 3.05) is 0 Å². The van der Waals surface area contributed by atoms with Gasteiger partial charge in [0.1, 0.15) is 0 Å². The van der Waals surface area contributed by atoms with Crippen molar-refractivity contribution in [3.63, 3.8) is 0 Å². The van der Waals surface area contributed by atoms with Gasteiger partial charge in [-0.2, -0.15) is 0 Å². The summed E-state index contributed by atoms with van der Waals surface area (Å²) >= 11 is 4.49. The standard InChI is InChI=1S/C6H8I2N2/c1-3-5(8)6(9)4(7)2-10-3/h2-3,10H,9H2,1H3. The maximum atomic E-state index is 5.77. The van der Waals surface area contributed by atoms with Gasteiger partial charge in [0, 0.05) is 9.78 Å². The molecule has 0 fully saturated rings. The average molecular weight is 362 g/mol. The minimum atomic E-state index is 0.374. The summed E-state index contributed by atoms with van der Waals surface area (Å²) in [6.45, 7) is 2.09. The van der Waals surface area contributed by atoms with Gasteiger partial charge >= 0.3 is 0 Å². The lowest BCUT2D eigenvalue weighted by Gasteiger charge is -2.19. The van der Waals surface area contributed by atoms with Gasteiger partial charge in [0.25, 0.3) is 0 Å². The summed E-state index contributed by atoms with van der Waals surface area (Å²) < 4.78 is 2.30. The molecule has 0 amide bonds. The normalized spacial score (nSPS) is 25.9. The number of allylic oxidation sites excluding steroid dienone is 1. The van der Waals surface area contributed by atoms with Gasteiger partial charge in [-0.15, -0.1) is 0 Å². The fraction of sp³-hybridized carbons (Fsp3) is 0.333. The van der Waals surface area contributed by atoms with Crippen LogP contribution in [0.25, 0.3) is 0 Å². The Morgan fingerprint density at radius 3 is 2.70 bits per heavy atom. The lowest BCUT2D eigenvalue weighted by atomic mass is 10.2. The highest BCUT2D eigenvalue weighted by Crippen LogP contribution is 2.26. The molecular weight excluding hydrogens is 354 g/mol. The first-order valence-corrected chi connectivity index (χ1v) is 5.06. The Kier molecular flexibility index (Phi) is 2.84. The highest BCUT2D eigenvalue weighted by Gasteiger charge is 2.14. The Labute approximate surface area is 87.6 Å².